The highest BCUT2D eigenvalue weighted by molar-refractivity contribution is 4.92. The lowest BCUT2D eigenvalue weighted by atomic mass is 9.71. The Morgan fingerprint density at radius 1 is 1.33 bits per heavy atom. The molecule has 0 heteroatoms. The summed E-state index contributed by atoms with van der Waals surface area (Å²) in [6, 6.07) is 0. The summed E-state index contributed by atoms with van der Waals surface area (Å²) in [4.78, 5) is 0. The first kappa shape index (κ1) is 10.1. The van der Waals surface area contributed by atoms with E-state index >= 15 is 0 Å². The van der Waals surface area contributed by atoms with Crippen LogP contribution >= 0.6 is 0 Å². The second kappa shape index (κ2) is 4.30. The maximum Gasteiger partial charge on any atom is -0.0269 e. The van der Waals surface area contributed by atoms with Crippen LogP contribution in [0.25, 0.3) is 0 Å². The van der Waals surface area contributed by atoms with Gasteiger partial charge >= 0.3 is 0 Å². The zero-order valence-electron chi connectivity index (χ0n) is 8.90. The first-order chi connectivity index (χ1) is 5.69. The normalized spacial score (nSPS) is 37.8. The minimum absolute atomic E-state index is 0.547. The van der Waals surface area contributed by atoms with Gasteiger partial charge in [0, 0.05) is 0 Å². The van der Waals surface area contributed by atoms with E-state index in [0.717, 1.165) is 5.92 Å². The van der Waals surface area contributed by atoms with Crippen molar-refractivity contribution in [2.24, 2.45) is 11.3 Å². The maximum absolute atomic E-state index is 2.54. The lowest BCUT2D eigenvalue weighted by Gasteiger charge is -2.33. The van der Waals surface area contributed by atoms with Crippen molar-refractivity contribution in [3.05, 3.63) is 6.42 Å². The Bertz CT molecular complexity index is 128. The van der Waals surface area contributed by atoms with E-state index in [1.807, 2.05) is 0 Å². The molecule has 2 atom stereocenters. The Morgan fingerprint density at radius 2 is 2.08 bits per heavy atom. The van der Waals surface area contributed by atoms with Crippen molar-refractivity contribution < 1.29 is 0 Å². The van der Waals surface area contributed by atoms with E-state index in [2.05, 4.69) is 27.2 Å². The number of hydrogen-bond acceptors (Lipinski definition) is 0. The van der Waals surface area contributed by atoms with Crippen LogP contribution in [0.3, 0.4) is 0 Å². The molecule has 0 N–H and O–H groups in total. The first-order valence-corrected chi connectivity index (χ1v) is 5.53. The molecule has 0 nitrogen and oxygen atoms in total. The van der Waals surface area contributed by atoms with Crippen molar-refractivity contribution in [1.82, 2.24) is 0 Å². The van der Waals surface area contributed by atoms with Crippen molar-refractivity contribution in [3.8, 4) is 0 Å². The van der Waals surface area contributed by atoms with E-state index in [0.29, 0.717) is 5.41 Å². The Labute approximate surface area is 77.7 Å². The third-order valence-electron chi connectivity index (χ3n) is 3.65. The largest absolute Gasteiger partial charge is 0.0651 e. The monoisotopic (exact) mass is 167 g/mol. The molecule has 0 aromatic carbocycles. The van der Waals surface area contributed by atoms with Gasteiger partial charge in [-0.3, -0.25) is 0 Å². The third-order valence-corrected chi connectivity index (χ3v) is 3.65. The zero-order chi connectivity index (χ0) is 9.03. The van der Waals surface area contributed by atoms with Crippen LogP contribution < -0.4 is 0 Å². The zero-order valence-corrected chi connectivity index (χ0v) is 8.90. The lowest BCUT2D eigenvalue weighted by molar-refractivity contribution is 0.227. The average molecular weight is 167 g/mol. The molecule has 0 bridgehead atoms. The Kier molecular flexibility index (Phi) is 3.61. The van der Waals surface area contributed by atoms with Crippen LogP contribution in [-0.4, -0.2) is 0 Å². The van der Waals surface area contributed by atoms with E-state index in [1.165, 1.54) is 38.5 Å². The van der Waals surface area contributed by atoms with E-state index in [1.54, 1.807) is 0 Å². The smallest absolute Gasteiger partial charge is 0.0269 e. The van der Waals surface area contributed by atoms with E-state index in [4.69, 9.17) is 0 Å². The van der Waals surface area contributed by atoms with Crippen LogP contribution in [-0.2, 0) is 0 Å². The lowest BCUT2D eigenvalue weighted by Crippen LogP contribution is -2.24. The molecule has 0 amide bonds. The van der Waals surface area contributed by atoms with Gasteiger partial charge in [-0.15, -0.1) is 0 Å². The molecule has 1 rings (SSSR count). The Hall–Kier alpha value is 0. The highest BCUT2D eigenvalue weighted by atomic mass is 14.4. The molecule has 2 unspecified atom stereocenters. The molecule has 1 aliphatic carbocycles. The fourth-order valence-electron chi connectivity index (χ4n) is 2.48. The predicted octanol–water partition coefficient (Wildman–Crippen LogP) is 4.21. The topological polar surface area (TPSA) is 0 Å². The van der Waals surface area contributed by atoms with Crippen LogP contribution in [0.15, 0.2) is 0 Å². The average Bonchev–Trinajstić information content (AvgIpc) is 2.17. The fraction of sp³-hybridized carbons (Fsp3) is 0.917. The van der Waals surface area contributed by atoms with Crippen LogP contribution in [0, 0.1) is 17.8 Å². The van der Waals surface area contributed by atoms with Gasteiger partial charge in [-0.05, 0) is 24.2 Å². The van der Waals surface area contributed by atoms with Crippen LogP contribution in [0.2, 0.25) is 0 Å². The van der Waals surface area contributed by atoms with Gasteiger partial charge in [-0.25, -0.2) is 0 Å². The Balaban J connectivity index is 2.55. The summed E-state index contributed by atoms with van der Waals surface area (Å²) in [5.41, 5.74) is 0.547. The molecule has 12 heavy (non-hydrogen) atoms. The Morgan fingerprint density at radius 3 is 2.75 bits per heavy atom. The molecule has 0 aromatic heterocycles. The van der Waals surface area contributed by atoms with Crippen molar-refractivity contribution in [2.75, 3.05) is 0 Å². The third kappa shape index (κ3) is 2.24. The number of rotatable bonds is 2. The summed E-state index contributed by atoms with van der Waals surface area (Å²) in [6.07, 6.45) is 11.0. The minimum Gasteiger partial charge on any atom is -0.0651 e. The molecule has 0 spiro atoms. The van der Waals surface area contributed by atoms with E-state index < -0.39 is 0 Å². The van der Waals surface area contributed by atoms with Gasteiger partial charge in [-0.1, -0.05) is 52.9 Å². The van der Waals surface area contributed by atoms with E-state index in [9.17, 15) is 0 Å². The van der Waals surface area contributed by atoms with Crippen LogP contribution in [0.1, 0.15) is 59.3 Å². The molecule has 0 aliphatic heterocycles. The van der Waals surface area contributed by atoms with Crippen molar-refractivity contribution in [3.63, 3.8) is 0 Å². The van der Waals surface area contributed by atoms with Crippen molar-refractivity contribution in [1.29, 1.82) is 0 Å². The summed E-state index contributed by atoms with van der Waals surface area (Å²) in [5, 5.41) is 0. The van der Waals surface area contributed by atoms with E-state index in [-0.39, 0.29) is 0 Å². The van der Waals surface area contributed by atoms with Gasteiger partial charge in [0.05, 0.1) is 0 Å². The molecule has 0 aromatic rings. The minimum atomic E-state index is 0.547. The highest BCUT2D eigenvalue weighted by Crippen LogP contribution is 2.42. The molecular weight excluding hydrogens is 144 g/mol. The molecule has 1 radical (unpaired) electrons. The molecule has 0 heterocycles. The van der Waals surface area contributed by atoms with Gasteiger partial charge in [0.15, 0.2) is 0 Å². The summed E-state index contributed by atoms with van der Waals surface area (Å²) in [7, 11) is 0. The summed E-state index contributed by atoms with van der Waals surface area (Å²) >= 11 is 0. The summed E-state index contributed by atoms with van der Waals surface area (Å²) in [5.74, 6) is 0.903. The van der Waals surface area contributed by atoms with Gasteiger partial charge in [0.2, 0.25) is 0 Å². The predicted molar refractivity (Wildman–Crippen MR) is 54.9 cm³/mol. The van der Waals surface area contributed by atoms with Gasteiger partial charge in [0.1, 0.15) is 0 Å². The quantitative estimate of drug-likeness (QED) is 0.540. The molecule has 0 saturated heterocycles. The van der Waals surface area contributed by atoms with Crippen molar-refractivity contribution >= 4 is 0 Å². The fourth-order valence-corrected chi connectivity index (χ4v) is 2.48. The van der Waals surface area contributed by atoms with Gasteiger partial charge < -0.3 is 0 Å². The van der Waals surface area contributed by atoms with Crippen molar-refractivity contribution in [2.45, 2.75) is 59.3 Å². The number of hydrogen-bond donors (Lipinski definition) is 0. The molecular formula is C12H23. The molecule has 1 aliphatic rings. The van der Waals surface area contributed by atoms with Gasteiger partial charge in [-0.2, -0.15) is 0 Å². The molecule has 1 saturated carbocycles. The SMILES string of the molecule is CC[CH]C1(C)CCCCCC1C. The highest BCUT2D eigenvalue weighted by Gasteiger charge is 2.31. The van der Waals surface area contributed by atoms with Crippen LogP contribution in [0.5, 0.6) is 0 Å². The summed E-state index contributed by atoms with van der Waals surface area (Å²) < 4.78 is 0. The van der Waals surface area contributed by atoms with Gasteiger partial charge in [0.25, 0.3) is 0 Å². The standard InChI is InChI=1S/C12H23/c1-4-9-12(3)10-7-5-6-8-11(12)2/h9,11H,4-8,10H2,1-3H3. The second-order valence-corrected chi connectivity index (χ2v) is 4.62. The van der Waals surface area contributed by atoms with Crippen LogP contribution in [0.4, 0.5) is 0 Å². The maximum atomic E-state index is 2.54. The molecule has 71 valence electrons. The summed E-state index contributed by atoms with van der Waals surface area (Å²) in [6.45, 7) is 7.15. The second-order valence-electron chi connectivity index (χ2n) is 4.62. The molecule has 1 fully saturated rings. The first-order valence-electron chi connectivity index (χ1n) is 5.53.